The number of benzene rings is 13. The number of hydrogen-bond donors (Lipinski definition) is 1. The molecule has 0 spiro atoms. The molecule has 8 heterocycles. The molecule has 8 aromatic heterocycles. The maximum absolute atomic E-state index is 6.57. The van der Waals surface area contributed by atoms with Gasteiger partial charge in [-0.2, -0.15) is 0 Å². The predicted octanol–water partition coefficient (Wildman–Crippen LogP) is 21.9. The molecule has 0 saturated heterocycles. The van der Waals surface area contributed by atoms with Gasteiger partial charge in [0.25, 0.3) is 0 Å². The minimum absolute atomic E-state index is 0.471. The van der Waals surface area contributed by atoms with Crippen LogP contribution in [-0.4, -0.2) is 47.8 Å². The van der Waals surface area contributed by atoms with Crippen LogP contribution in [-0.2, 0) is 0 Å². The van der Waals surface area contributed by atoms with Crippen molar-refractivity contribution in [1.29, 1.82) is 0 Å². The number of H-pyrrole nitrogens is 1. The molecular formula is C88H54N10. The maximum Gasteiger partial charge on any atom is 0.168 e. The van der Waals surface area contributed by atoms with Gasteiger partial charge in [-0.1, -0.05) is 249 Å². The van der Waals surface area contributed by atoms with Crippen molar-refractivity contribution in [2.45, 2.75) is 0 Å². The zero-order valence-electron chi connectivity index (χ0n) is 52.6. The van der Waals surface area contributed by atoms with Crippen molar-refractivity contribution in [3.05, 3.63) is 322 Å². The van der Waals surface area contributed by atoms with Gasteiger partial charge in [-0.3, -0.25) is 9.13 Å². The number of aromatic nitrogens is 10. The van der Waals surface area contributed by atoms with Crippen LogP contribution >= 0.6 is 0 Å². The highest BCUT2D eigenvalue weighted by molar-refractivity contribution is 6.20. The third-order valence-electron chi connectivity index (χ3n) is 20.1. The van der Waals surface area contributed by atoms with E-state index >= 15 is 0 Å². The number of hydrogen-bond acceptors (Lipinski definition) is 4. The lowest BCUT2D eigenvalue weighted by Gasteiger charge is -2.26. The fraction of sp³-hybridized carbons (Fsp3) is 0. The van der Waals surface area contributed by atoms with E-state index in [0.29, 0.717) is 29.1 Å². The molecule has 0 saturated carbocycles. The SMILES string of the molecule is c1ccc(-c2nc(-c3ccccc3)nc(-c3c(-n4c5ccccc5c5ccccc54)c(-n4c5ccccc5c5ccccc54)nc(-n4c5ccccc5c5ccc(-c6ccc7c(c6)[nH]c6c8ccccc8n(-c8ccccc8)c76)cc54)c3-n3c4ccccc4c4ccccc43)n2)cc1. The molecule has 0 aliphatic rings. The van der Waals surface area contributed by atoms with E-state index in [1.807, 2.05) is 12.1 Å². The van der Waals surface area contributed by atoms with Gasteiger partial charge < -0.3 is 18.7 Å². The second-order valence-corrected chi connectivity index (χ2v) is 25.4. The van der Waals surface area contributed by atoms with Crippen LogP contribution in [0.25, 0.3) is 194 Å². The highest BCUT2D eigenvalue weighted by atomic mass is 15.2. The number of fused-ring (bicyclic) bond motifs is 17. The second-order valence-electron chi connectivity index (χ2n) is 25.4. The Morgan fingerprint density at radius 3 is 0.990 bits per heavy atom. The largest absolute Gasteiger partial charge is 0.353 e. The first-order valence-corrected chi connectivity index (χ1v) is 33.2. The normalized spacial score (nSPS) is 12.1. The van der Waals surface area contributed by atoms with E-state index in [9.17, 15) is 0 Å². The molecule has 0 atom stereocenters. The lowest BCUT2D eigenvalue weighted by Crippen LogP contribution is -2.17. The summed E-state index contributed by atoms with van der Waals surface area (Å²) in [7, 11) is 0. The molecule has 0 unspecified atom stereocenters. The van der Waals surface area contributed by atoms with Gasteiger partial charge >= 0.3 is 0 Å². The molecule has 456 valence electrons. The van der Waals surface area contributed by atoms with Crippen LogP contribution in [0.1, 0.15) is 0 Å². The highest BCUT2D eigenvalue weighted by Crippen LogP contribution is 2.50. The third-order valence-corrected chi connectivity index (χ3v) is 20.1. The average molecular weight is 1250 g/mol. The number of pyridine rings is 1. The van der Waals surface area contributed by atoms with Crippen molar-refractivity contribution in [2.75, 3.05) is 0 Å². The average Bonchev–Trinajstić information content (AvgIpc) is 1.47. The molecule has 1 N–H and O–H groups in total. The Morgan fingerprint density at radius 2 is 0.551 bits per heavy atom. The fourth-order valence-electron chi connectivity index (χ4n) is 15.9. The van der Waals surface area contributed by atoms with E-state index in [0.717, 1.165) is 160 Å². The van der Waals surface area contributed by atoms with Gasteiger partial charge in [0, 0.05) is 76.2 Å². The fourth-order valence-corrected chi connectivity index (χ4v) is 15.9. The summed E-state index contributed by atoms with van der Waals surface area (Å²) in [5, 5.41) is 11.1. The topological polar surface area (TPSA) is 92.0 Å². The van der Waals surface area contributed by atoms with E-state index in [1.165, 1.54) is 5.39 Å². The first-order chi connectivity index (χ1) is 48.7. The maximum atomic E-state index is 6.57. The Kier molecular flexibility index (Phi) is 11.6. The van der Waals surface area contributed by atoms with E-state index in [-0.39, 0.29) is 0 Å². The molecule has 10 nitrogen and oxygen atoms in total. The van der Waals surface area contributed by atoms with Gasteiger partial charge in [0.15, 0.2) is 29.1 Å². The van der Waals surface area contributed by atoms with Gasteiger partial charge in [-0.25, -0.2) is 19.9 Å². The minimum atomic E-state index is 0.471. The van der Waals surface area contributed by atoms with Crippen LogP contribution in [0.15, 0.2) is 322 Å². The summed E-state index contributed by atoms with van der Waals surface area (Å²) in [5.74, 6) is 2.91. The second kappa shape index (κ2) is 21.0. The van der Waals surface area contributed by atoms with Crippen LogP contribution in [0.2, 0.25) is 0 Å². The number of para-hydroxylation sites is 9. The lowest BCUT2D eigenvalue weighted by molar-refractivity contribution is 0.952. The molecule has 0 radical (unpaired) electrons. The first-order valence-electron chi connectivity index (χ1n) is 33.2. The molecule has 0 aliphatic heterocycles. The van der Waals surface area contributed by atoms with Crippen molar-refractivity contribution in [2.24, 2.45) is 0 Å². The van der Waals surface area contributed by atoms with Crippen molar-refractivity contribution in [3.63, 3.8) is 0 Å². The molecular weight excluding hydrogens is 1200 g/mol. The summed E-state index contributed by atoms with van der Waals surface area (Å²) in [4.78, 5) is 27.7. The van der Waals surface area contributed by atoms with Crippen LogP contribution in [0.5, 0.6) is 0 Å². The number of rotatable bonds is 9. The van der Waals surface area contributed by atoms with Crippen molar-refractivity contribution >= 4 is 120 Å². The van der Waals surface area contributed by atoms with Crippen molar-refractivity contribution < 1.29 is 0 Å². The molecule has 98 heavy (non-hydrogen) atoms. The Balaban J connectivity index is 0.971. The molecule has 10 heteroatoms. The quantitative estimate of drug-likeness (QED) is 0.156. The van der Waals surface area contributed by atoms with Gasteiger partial charge in [-0.15, -0.1) is 0 Å². The molecule has 0 aliphatic carbocycles. The highest BCUT2D eigenvalue weighted by Gasteiger charge is 2.35. The third kappa shape index (κ3) is 7.85. The molecule has 21 rings (SSSR count). The monoisotopic (exact) mass is 1250 g/mol. The van der Waals surface area contributed by atoms with Crippen molar-refractivity contribution in [3.8, 4) is 74.0 Å². The summed E-state index contributed by atoms with van der Waals surface area (Å²) in [6, 6.07) is 115. The number of nitrogens with one attached hydrogen (secondary N) is 1. The van der Waals surface area contributed by atoms with Gasteiger partial charge in [-0.05, 0) is 83.9 Å². The molecule has 0 fully saturated rings. The summed E-state index contributed by atoms with van der Waals surface area (Å²) >= 11 is 0. The van der Waals surface area contributed by atoms with E-state index in [4.69, 9.17) is 19.9 Å². The van der Waals surface area contributed by atoms with Gasteiger partial charge in [0.1, 0.15) is 11.4 Å². The molecule has 13 aromatic carbocycles. The lowest BCUT2D eigenvalue weighted by atomic mass is 10.0. The molecule has 21 aromatic rings. The Hall–Kier alpha value is -13.4. The standard InChI is InChI=1S/C88H54N10/c1-4-26-54(27-5-1)84-90-85(55-28-6-2-7-29-55)92-86(91-84)79-82(95-70-40-18-10-32-59(70)60-33-11-19-41-71(60)95)87(97-74-44-22-14-36-63(74)64-37-15-23-45-75(64)97)93-88(83(79)96-72-42-20-12-34-61(72)62-35-13-21-43-73(62)96)98-76-46-24-16-38-65(76)66-50-48-57(53-78(66)98)56-49-51-67-69(52-56)89-80-68-39-17-25-47-77(68)94(81(67)80)58-30-8-3-9-31-58/h1-53,89H. The van der Waals surface area contributed by atoms with Crippen LogP contribution in [0.3, 0.4) is 0 Å². The summed E-state index contributed by atoms with van der Waals surface area (Å²) in [5.41, 5.74) is 19.7. The smallest absolute Gasteiger partial charge is 0.168 e. The van der Waals surface area contributed by atoms with E-state index in [1.54, 1.807) is 0 Å². The van der Waals surface area contributed by atoms with Gasteiger partial charge in [0.2, 0.25) is 0 Å². The summed E-state index contributed by atoms with van der Waals surface area (Å²) in [6.45, 7) is 0. The zero-order chi connectivity index (χ0) is 64.1. The Morgan fingerprint density at radius 1 is 0.224 bits per heavy atom. The number of aromatic amines is 1. The van der Waals surface area contributed by atoms with Crippen molar-refractivity contribution in [1.82, 2.24) is 47.8 Å². The Labute approximate surface area is 560 Å². The molecule has 0 amide bonds. The molecule has 0 bridgehead atoms. The van der Waals surface area contributed by atoms with Crippen LogP contribution < -0.4 is 0 Å². The minimum Gasteiger partial charge on any atom is -0.353 e. The summed E-state index contributed by atoms with van der Waals surface area (Å²) in [6.07, 6.45) is 0. The van der Waals surface area contributed by atoms with Gasteiger partial charge in [0.05, 0.1) is 66.2 Å². The van der Waals surface area contributed by atoms with E-state index < -0.39 is 0 Å². The number of nitrogens with zero attached hydrogens (tertiary/aromatic N) is 9. The van der Waals surface area contributed by atoms with Crippen LogP contribution in [0, 0.1) is 0 Å². The Bertz CT molecular complexity index is 6640. The predicted molar refractivity (Wildman–Crippen MR) is 403 cm³/mol. The zero-order valence-corrected chi connectivity index (χ0v) is 52.6. The summed E-state index contributed by atoms with van der Waals surface area (Å²) < 4.78 is 12.1. The van der Waals surface area contributed by atoms with E-state index in [2.05, 4.69) is 337 Å². The van der Waals surface area contributed by atoms with Crippen LogP contribution in [0.4, 0.5) is 0 Å². The first kappa shape index (κ1) is 54.0.